The number of nitrogens with two attached hydrogens (primary N) is 1. The Morgan fingerprint density at radius 1 is 1.00 bits per heavy atom. The van der Waals surface area contributed by atoms with Crippen molar-refractivity contribution in [3.63, 3.8) is 0 Å². The molecule has 0 aliphatic heterocycles. The van der Waals surface area contributed by atoms with Gasteiger partial charge in [-0.1, -0.05) is 24.3 Å². The lowest BCUT2D eigenvalue weighted by molar-refractivity contribution is -0.137. The average molecular weight is 280 g/mol. The van der Waals surface area contributed by atoms with Crippen LogP contribution in [0.2, 0.25) is 0 Å². The highest BCUT2D eigenvalue weighted by molar-refractivity contribution is 5.88. The molecule has 0 atom stereocenters. The van der Waals surface area contributed by atoms with Crippen LogP contribution in [0, 0.1) is 0 Å². The third-order valence-corrected chi connectivity index (χ3v) is 2.68. The van der Waals surface area contributed by atoms with Crippen LogP contribution in [-0.2, 0) is 6.18 Å². The molecule has 0 spiro atoms. The molecular weight excluding hydrogens is 269 g/mol. The molecule has 6 heteroatoms. The van der Waals surface area contributed by atoms with Gasteiger partial charge in [0, 0.05) is 5.69 Å². The largest absolute Gasteiger partial charge is 0.416 e. The zero-order valence-corrected chi connectivity index (χ0v) is 10.2. The quantitative estimate of drug-likeness (QED) is 0.862. The summed E-state index contributed by atoms with van der Waals surface area (Å²) >= 11 is 0. The van der Waals surface area contributed by atoms with E-state index in [1.807, 2.05) is 0 Å². The Morgan fingerprint density at radius 3 is 2.20 bits per heavy atom. The minimum Gasteiger partial charge on any atom is -0.351 e. The lowest BCUT2D eigenvalue weighted by Crippen LogP contribution is -2.19. The minimum absolute atomic E-state index is 0.481. The zero-order valence-electron chi connectivity index (χ0n) is 10.2. The lowest BCUT2D eigenvalue weighted by Gasteiger charge is -2.09. The molecule has 0 saturated heterocycles. The molecule has 0 saturated carbocycles. The van der Waals surface area contributed by atoms with E-state index in [0.717, 1.165) is 12.1 Å². The van der Waals surface area contributed by atoms with Gasteiger partial charge in [0.1, 0.15) is 0 Å². The van der Waals surface area contributed by atoms with Gasteiger partial charge in [-0.3, -0.25) is 0 Å². The number of halogens is 3. The van der Waals surface area contributed by atoms with Crippen LogP contribution in [0.5, 0.6) is 0 Å². The molecule has 0 fully saturated rings. The summed E-state index contributed by atoms with van der Waals surface area (Å²) in [7, 11) is 0. The molecule has 0 heterocycles. The molecule has 2 aromatic rings. The van der Waals surface area contributed by atoms with Crippen molar-refractivity contribution < 1.29 is 18.0 Å². The van der Waals surface area contributed by atoms with E-state index < -0.39 is 17.8 Å². The van der Waals surface area contributed by atoms with E-state index in [1.165, 1.54) is 12.1 Å². The highest BCUT2D eigenvalue weighted by Gasteiger charge is 2.29. The molecule has 2 rings (SSSR count). The number of anilines is 1. The number of nitrogens with one attached hydrogen (secondary N) is 1. The van der Waals surface area contributed by atoms with Crippen molar-refractivity contribution in [2.45, 2.75) is 6.18 Å². The van der Waals surface area contributed by atoms with Crippen LogP contribution >= 0.6 is 0 Å². The third-order valence-electron chi connectivity index (χ3n) is 2.68. The van der Waals surface area contributed by atoms with Gasteiger partial charge in [-0.15, -0.1) is 0 Å². The van der Waals surface area contributed by atoms with E-state index in [0.29, 0.717) is 16.8 Å². The van der Waals surface area contributed by atoms with Crippen molar-refractivity contribution in [2.24, 2.45) is 5.73 Å². The highest BCUT2D eigenvalue weighted by Crippen LogP contribution is 2.31. The monoisotopic (exact) mass is 280 g/mol. The summed E-state index contributed by atoms with van der Waals surface area (Å²) in [6.07, 6.45) is -4.35. The van der Waals surface area contributed by atoms with Crippen LogP contribution < -0.4 is 11.1 Å². The number of benzene rings is 2. The van der Waals surface area contributed by atoms with Crippen molar-refractivity contribution in [1.82, 2.24) is 0 Å². The van der Waals surface area contributed by atoms with Gasteiger partial charge in [-0.2, -0.15) is 13.2 Å². The van der Waals surface area contributed by atoms with Crippen molar-refractivity contribution in [3.05, 3.63) is 54.1 Å². The van der Waals surface area contributed by atoms with Crippen molar-refractivity contribution in [2.75, 3.05) is 5.32 Å². The van der Waals surface area contributed by atoms with Gasteiger partial charge in [0.15, 0.2) is 0 Å². The molecule has 2 amide bonds. The summed E-state index contributed by atoms with van der Waals surface area (Å²) in [4.78, 5) is 10.8. The Morgan fingerprint density at radius 2 is 1.65 bits per heavy atom. The van der Waals surface area contributed by atoms with Crippen molar-refractivity contribution in [1.29, 1.82) is 0 Å². The van der Waals surface area contributed by atoms with Crippen LogP contribution in [-0.4, -0.2) is 6.03 Å². The van der Waals surface area contributed by atoms with Gasteiger partial charge < -0.3 is 11.1 Å². The number of rotatable bonds is 2. The molecule has 2 aromatic carbocycles. The summed E-state index contributed by atoms with van der Waals surface area (Å²) in [5, 5.41) is 2.41. The number of hydrogen-bond acceptors (Lipinski definition) is 1. The highest BCUT2D eigenvalue weighted by atomic mass is 19.4. The fourth-order valence-electron chi connectivity index (χ4n) is 1.77. The number of amides is 2. The van der Waals surface area contributed by atoms with Crippen LogP contribution in [0.25, 0.3) is 11.1 Å². The van der Waals surface area contributed by atoms with E-state index in [-0.39, 0.29) is 0 Å². The van der Waals surface area contributed by atoms with E-state index in [1.54, 1.807) is 24.3 Å². The van der Waals surface area contributed by atoms with Gasteiger partial charge in [0.25, 0.3) is 0 Å². The van der Waals surface area contributed by atoms with Crippen LogP contribution in [0.15, 0.2) is 48.5 Å². The number of primary amides is 1. The second-order valence-electron chi connectivity index (χ2n) is 4.15. The Bertz CT molecular complexity index is 621. The third kappa shape index (κ3) is 3.28. The van der Waals surface area contributed by atoms with E-state index >= 15 is 0 Å². The first-order valence-corrected chi connectivity index (χ1v) is 5.70. The van der Waals surface area contributed by atoms with Gasteiger partial charge >= 0.3 is 12.2 Å². The molecule has 3 nitrogen and oxygen atoms in total. The first kappa shape index (κ1) is 13.9. The standard InChI is InChI=1S/C14H11F3N2O/c15-14(16,17)11-6-4-9(5-7-11)10-2-1-3-12(8-10)19-13(18)20/h1-8H,(H3,18,19,20). The smallest absolute Gasteiger partial charge is 0.351 e. The molecule has 0 bridgehead atoms. The van der Waals surface area contributed by atoms with Gasteiger partial charge in [0.05, 0.1) is 5.56 Å². The maximum atomic E-state index is 12.5. The first-order chi connectivity index (χ1) is 9.36. The summed E-state index contributed by atoms with van der Waals surface area (Å²) in [5.41, 5.74) is 6.09. The minimum atomic E-state index is -4.35. The van der Waals surface area contributed by atoms with Gasteiger partial charge in [-0.05, 0) is 35.4 Å². The fourth-order valence-corrected chi connectivity index (χ4v) is 1.77. The van der Waals surface area contributed by atoms with E-state index in [9.17, 15) is 18.0 Å². The summed E-state index contributed by atoms with van der Waals surface area (Å²) in [6.45, 7) is 0. The van der Waals surface area contributed by atoms with Crippen LogP contribution in [0.4, 0.5) is 23.7 Å². The van der Waals surface area contributed by atoms with E-state index in [2.05, 4.69) is 5.32 Å². The number of carbonyl (C=O) groups is 1. The van der Waals surface area contributed by atoms with Crippen molar-refractivity contribution >= 4 is 11.7 Å². The topological polar surface area (TPSA) is 55.1 Å². The number of carbonyl (C=O) groups excluding carboxylic acids is 1. The Balaban J connectivity index is 2.30. The van der Waals surface area contributed by atoms with Crippen LogP contribution in [0.1, 0.15) is 5.56 Å². The van der Waals surface area contributed by atoms with Crippen LogP contribution in [0.3, 0.4) is 0 Å². The SMILES string of the molecule is NC(=O)Nc1cccc(-c2ccc(C(F)(F)F)cc2)c1. The Labute approximate surface area is 113 Å². The lowest BCUT2D eigenvalue weighted by atomic mass is 10.0. The summed E-state index contributed by atoms with van der Waals surface area (Å²) in [6, 6.07) is 10.8. The molecule has 0 aliphatic carbocycles. The maximum Gasteiger partial charge on any atom is 0.416 e. The molecule has 3 N–H and O–H groups in total. The Hall–Kier alpha value is -2.50. The summed E-state index contributed by atoms with van der Waals surface area (Å²) < 4.78 is 37.4. The fraction of sp³-hybridized carbons (Fsp3) is 0.0714. The molecule has 20 heavy (non-hydrogen) atoms. The molecule has 0 aliphatic rings. The predicted molar refractivity (Wildman–Crippen MR) is 70.1 cm³/mol. The van der Waals surface area contributed by atoms with Crippen molar-refractivity contribution in [3.8, 4) is 11.1 Å². The zero-order chi connectivity index (χ0) is 14.8. The Kier molecular flexibility index (Phi) is 3.65. The first-order valence-electron chi connectivity index (χ1n) is 5.70. The second-order valence-corrected chi connectivity index (χ2v) is 4.15. The number of urea groups is 1. The molecule has 0 aromatic heterocycles. The molecule has 104 valence electrons. The second kappa shape index (κ2) is 5.24. The maximum absolute atomic E-state index is 12.5. The molecule has 0 radical (unpaired) electrons. The predicted octanol–water partition coefficient (Wildman–Crippen LogP) is 3.86. The van der Waals surface area contributed by atoms with Gasteiger partial charge in [0.2, 0.25) is 0 Å². The molecule has 0 unspecified atom stereocenters. The van der Waals surface area contributed by atoms with Gasteiger partial charge in [-0.25, -0.2) is 4.79 Å². The summed E-state index contributed by atoms with van der Waals surface area (Å²) in [5.74, 6) is 0. The van der Waals surface area contributed by atoms with E-state index in [4.69, 9.17) is 5.73 Å². The number of alkyl halides is 3. The normalized spacial score (nSPS) is 11.2. The average Bonchev–Trinajstić information content (AvgIpc) is 2.37. The number of hydrogen-bond donors (Lipinski definition) is 2. The molecular formula is C14H11F3N2O.